The van der Waals surface area contributed by atoms with E-state index < -0.39 is 29.8 Å². The van der Waals surface area contributed by atoms with Crippen LogP contribution >= 0.6 is 11.3 Å². The molecule has 19 heavy (non-hydrogen) atoms. The Hall–Kier alpha value is -1.60. The molecule has 6 nitrogen and oxygen atoms in total. The lowest BCUT2D eigenvalue weighted by Gasteiger charge is -2.24. The van der Waals surface area contributed by atoms with Gasteiger partial charge in [0, 0.05) is 0 Å². The molecule has 0 spiro atoms. The number of hydrogen-bond acceptors (Lipinski definition) is 5. The summed E-state index contributed by atoms with van der Waals surface area (Å²) in [5.41, 5.74) is -0.178. The van der Waals surface area contributed by atoms with Crippen LogP contribution in [0.3, 0.4) is 0 Å². The van der Waals surface area contributed by atoms with Gasteiger partial charge >= 0.3 is 12.1 Å². The lowest BCUT2D eigenvalue weighted by Crippen LogP contribution is -2.42. The molecule has 0 aliphatic heterocycles. The number of carboxylic acid groups (broad SMARTS) is 1. The Balaban J connectivity index is 2.82. The number of aliphatic hydroxyl groups excluding tert-OH is 1. The molecule has 0 aliphatic rings. The molecule has 7 heteroatoms. The Morgan fingerprint density at radius 3 is 2.47 bits per heavy atom. The lowest BCUT2D eigenvalue weighted by atomic mass is 10.1. The molecule has 0 unspecified atom stereocenters. The van der Waals surface area contributed by atoms with E-state index in [4.69, 9.17) is 9.84 Å². The molecule has 2 atom stereocenters. The highest BCUT2D eigenvalue weighted by molar-refractivity contribution is 7.08. The maximum absolute atomic E-state index is 11.7. The van der Waals surface area contributed by atoms with Crippen molar-refractivity contribution in [2.45, 2.75) is 38.5 Å². The minimum absolute atomic E-state index is 0.519. The number of rotatable bonds is 4. The number of nitrogens with one attached hydrogen (secondary N) is 1. The quantitative estimate of drug-likeness (QED) is 0.784. The number of thiophene rings is 1. The average Bonchev–Trinajstić information content (AvgIpc) is 2.75. The number of aliphatic hydroxyl groups is 1. The van der Waals surface area contributed by atoms with Gasteiger partial charge in [0.25, 0.3) is 0 Å². The molecule has 0 aliphatic carbocycles. The van der Waals surface area contributed by atoms with Crippen LogP contribution in [0.1, 0.15) is 32.4 Å². The number of amides is 1. The summed E-state index contributed by atoms with van der Waals surface area (Å²) in [5, 5.41) is 24.3. The van der Waals surface area contributed by atoms with Crippen molar-refractivity contribution in [2.75, 3.05) is 0 Å². The predicted molar refractivity (Wildman–Crippen MR) is 70.1 cm³/mol. The molecular formula is C12H17NO5S. The maximum Gasteiger partial charge on any atom is 0.408 e. The molecule has 106 valence electrons. The first-order valence-corrected chi connectivity index (χ1v) is 6.57. The van der Waals surface area contributed by atoms with Crippen molar-refractivity contribution >= 4 is 23.4 Å². The normalized spacial score (nSPS) is 14.5. The Morgan fingerprint density at radius 1 is 1.42 bits per heavy atom. The van der Waals surface area contributed by atoms with Gasteiger partial charge in [0.05, 0.1) is 6.04 Å². The van der Waals surface area contributed by atoms with Gasteiger partial charge in [-0.15, -0.1) is 0 Å². The molecule has 1 rings (SSSR count). The third-order valence-electron chi connectivity index (χ3n) is 2.14. The Bertz CT molecular complexity index is 437. The van der Waals surface area contributed by atoms with E-state index in [1.54, 1.807) is 37.6 Å². The van der Waals surface area contributed by atoms with Crippen LogP contribution in [0.5, 0.6) is 0 Å². The van der Waals surface area contributed by atoms with Gasteiger partial charge in [-0.2, -0.15) is 11.3 Å². The summed E-state index contributed by atoms with van der Waals surface area (Å²) < 4.78 is 5.05. The molecule has 1 amide bonds. The summed E-state index contributed by atoms with van der Waals surface area (Å²) in [6.45, 7) is 5.08. The summed E-state index contributed by atoms with van der Waals surface area (Å²) >= 11 is 1.34. The topological polar surface area (TPSA) is 95.9 Å². The maximum atomic E-state index is 11.7. The largest absolute Gasteiger partial charge is 0.479 e. The fourth-order valence-corrected chi connectivity index (χ4v) is 2.07. The van der Waals surface area contributed by atoms with Crippen molar-refractivity contribution in [3.8, 4) is 0 Å². The molecule has 3 N–H and O–H groups in total. The second-order valence-corrected chi connectivity index (χ2v) is 5.74. The summed E-state index contributed by atoms with van der Waals surface area (Å²) in [6.07, 6.45) is -2.51. The van der Waals surface area contributed by atoms with Gasteiger partial charge in [0.2, 0.25) is 0 Å². The SMILES string of the molecule is CC(C)(C)OC(=O)N[C@@H](c1ccsc1)[C@H](O)C(=O)O. The minimum Gasteiger partial charge on any atom is -0.479 e. The monoisotopic (exact) mass is 287 g/mol. The van der Waals surface area contributed by atoms with Crippen LogP contribution in [0, 0.1) is 0 Å². The van der Waals surface area contributed by atoms with Gasteiger partial charge in [-0.05, 0) is 43.2 Å². The zero-order chi connectivity index (χ0) is 14.6. The first-order valence-electron chi connectivity index (χ1n) is 5.63. The zero-order valence-corrected chi connectivity index (χ0v) is 11.7. The number of alkyl carbamates (subject to hydrolysis) is 1. The van der Waals surface area contributed by atoms with Crippen molar-refractivity contribution in [1.29, 1.82) is 0 Å². The Labute approximate surface area is 115 Å². The number of carboxylic acids is 1. The van der Waals surface area contributed by atoms with Crippen LogP contribution in [-0.2, 0) is 9.53 Å². The van der Waals surface area contributed by atoms with Crippen LogP contribution in [-0.4, -0.2) is 34.0 Å². The summed E-state index contributed by atoms with van der Waals surface area (Å²) in [7, 11) is 0. The molecule has 0 fully saturated rings. The lowest BCUT2D eigenvalue weighted by molar-refractivity contribution is -0.148. The van der Waals surface area contributed by atoms with Crippen LogP contribution in [0.25, 0.3) is 0 Å². The average molecular weight is 287 g/mol. The van der Waals surface area contributed by atoms with Crippen LogP contribution in [0.15, 0.2) is 16.8 Å². The van der Waals surface area contributed by atoms with Crippen molar-refractivity contribution in [1.82, 2.24) is 5.32 Å². The standard InChI is InChI=1S/C12H17NO5S/c1-12(2,3)18-11(17)13-8(9(14)10(15)16)7-4-5-19-6-7/h4-6,8-9,14H,1-3H3,(H,13,17)(H,15,16)/t8-,9-/m0/s1. The van der Waals surface area contributed by atoms with Gasteiger partial charge in [-0.3, -0.25) is 0 Å². The van der Waals surface area contributed by atoms with E-state index in [0.29, 0.717) is 5.56 Å². The minimum atomic E-state index is -1.73. The van der Waals surface area contributed by atoms with Crippen molar-refractivity contribution in [3.05, 3.63) is 22.4 Å². The van der Waals surface area contributed by atoms with Gasteiger partial charge in [-0.1, -0.05) is 0 Å². The van der Waals surface area contributed by atoms with E-state index in [9.17, 15) is 14.7 Å². The molecule has 1 aromatic heterocycles. The number of carbonyl (C=O) groups excluding carboxylic acids is 1. The number of hydrogen-bond donors (Lipinski definition) is 3. The highest BCUT2D eigenvalue weighted by Gasteiger charge is 2.30. The van der Waals surface area contributed by atoms with Crippen molar-refractivity contribution in [2.24, 2.45) is 0 Å². The molecular weight excluding hydrogens is 270 g/mol. The highest BCUT2D eigenvalue weighted by Crippen LogP contribution is 2.21. The predicted octanol–water partition coefficient (Wildman–Crippen LogP) is 1.76. The van der Waals surface area contributed by atoms with E-state index in [1.165, 1.54) is 11.3 Å². The first kappa shape index (κ1) is 15.5. The molecule has 1 heterocycles. The summed E-state index contributed by atoms with van der Waals surface area (Å²) in [4.78, 5) is 22.5. The third-order valence-corrected chi connectivity index (χ3v) is 2.84. The smallest absolute Gasteiger partial charge is 0.408 e. The number of aliphatic carboxylic acids is 1. The molecule has 1 aromatic rings. The Kier molecular flexibility index (Phi) is 4.90. The Morgan fingerprint density at radius 2 is 2.05 bits per heavy atom. The fraction of sp³-hybridized carbons (Fsp3) is 0.500. The molecule has 0 saturated carbocycles. The summed E-state index contributed by atoms with van der Waals surface area (Å²) in [5.74, 6) is -1.41. The molecule has 0 radical (unpaired) electrons. The van der Waals surface area contributed by atoms with Gasteiger partial charge in [0.1, 0.15) is 5.60 Å². The summed E-state index contributed by atoms with van der Waals surface area (Å²) in [6, 6.07) is 0.595. The highest BCUT2D eigenvalue weighted by atomic mass is 32.1. The zero-order valence-electron chi connectivity index (χ0n) is 10.9. The van der Waals surface area contributed by atoms with Crippen LogP contribution in [0.4, 0.5) is 4.79 Å². The van der Waals surface area contributed by atoms with Crippen molar-refractivity contribution in [3.63, 3.8) is 0 Å². The van der Waals surface area contributed by atoms with Gasteiger partial charge in [-0.25, -0.2) is 9.59 Å². The van der Waals surface area contributed by atoms with E-state index in [2.05, 4.69) is 5.32 Å². The molecule has 0 saturated heterocycles. The third kappa shape index (κ3) is 4.88. The second kappa shape index (κ2) is 6.03. The van der Waals surface area contributed by atoms with E-state index in [0.717, 1.165) is 0 Å². The first-order chi connectivity index (χ1) is 8.70. The van der Waals surface area contributed by atoms with Gasteiger partial charge < -0.3 is 20.3 Å². The number of carbonyl (C=O) groups is 2. The van der Waals surface area contributed by atoms with Crippen LogP contribution < -0.4 is 5.32 Å². The molecule has 0 aromatic carbocycles. The van der Waals surface area contributed by atoms with Crippen molar-refractivity contribution < 1.29 is 24.5 Å². The molecule has 0 bridgehead atoms. The van der Waals surface area contributed by atoms with E-state index in [-0.39, 0.29) is 0 Å². The fourth-order valence-electron chi connectivity index (χ4n) is 1.37. The van der Waals surface area contributed by atoms with E-state index in [1.807, 2.05) is 0 Å². The number of ether oxygens (including phenoxy) is 1. The second-order valence-electron chi connectivity index (χ2n) is 4.96. The van der Waals surface area contributed by atoms with E-state index >= 15 is 0 Å². The van der Waals surface area contributed by atoms with Crippen LogP contribution in [0.2, 0.25) is 0 Å². The van der Waals surface area contributed by atoms with Gasteiger partial charge in [0.15, 0.2) is 6.10 Å².